The number of rotatable bonds is 4. The van der Waals surface area contributed by atoms with E-state index in [1.165, 1.54) is 19.2 Å². The zero-order valence-electron chi connectivity index (χ0n) is 8.63. The summed E-state index contributed by atoms with van der Waals surface area (Å²) >= 11 is 0. The van der Waals surface area contributed by atoms with Crippen LogP contribution in [0, 0.1) is 11.7 Å². The summed E-state index contributed by atoms with van der Waals surface area (Å²) in [6.45, 7) is 0. The SMILES string of the molecule is COc1ccc(C(=O)CC2CC2)cc1F. The molecule has 0 atom stereocenters. The number of hydrogen-bond acceptors (Lipinski definition) is 2. The molecule has 1 fully saturated rings. The van der Waals surface area contributed by atoms with Crippen molar-refractivity contribution in [2.75, 3.05) is 7.11 Å². The highest BCUT2D eigenvalue weighted by Gasteiger charge is 2.25. The summed E-state index contributed by atoms with van der Waals surface area (Å²) in [5, 5.41) is 0. The van der Waals surface area contributed by atoms with Gasteiger partial charge in [-0.3, -0.25) is 4.79 Å². The van der Waals surface area contributed by atoms with E-state index in [-0.39, 0.29) is 11.5 Å². The van der Waals surface area contributed by atoms with Gasteiger partial charge in [-0.15, -0.1) is 0 Å². The number of methoxy groups -OCH3 is 1. The highest BCUT2D eigenvalue weighted by Crippen LogP contribution is 2.33. The zero-order chi connectivity index (χ0) is 10.8. The van der Waals surface area contributed by atoms with Crippen LogP contribution in [-0.4, -0.2) is 12.9 Å². The van der Waals surface area contributed by atoms with E-state index in [9.17, 15) is 9.18 Å². The summed E-state index contributed by atoms with van der Waals surface area (Å²) in [6, 6.07) is 4.37. The van der Waals surface area contributed by atoms with Crippen molar-refractivity contribution in [2.45, 2.75) is 19.3 Å². The van der Waals surface area contributed by atoms with E-state index in [2.05, 4.69) is 0 Å². The van der Waals surface area contributed by atoms with Gasteiger partial charge in [0.15, 0.2) is 17.3 Å². The second kappa shape index (κ2) is 4.01. The first-order chi connectivity index (χ1) is 7.20. The molecule has 1 aliphatic rings. The predicted molar refractivity (Wildman–Crippen MR) is 54.6 cm³/mol. The van der Waals surface area contributed by atoms with Crippen LogP contribution in [0.25, 0.3) is 0 Å². The number of carbonyl (C=O) groups is 1. The van der Waals surface area contributed by atoms with Crippen molar-refractivity contribution in [3.8, 4) is 5.75 Å². The molecule has 2 rings (SSSR count). The number of ether oxygens (including phenoxy) is 1. The first-order valence-electron chi connectivity index (χ1n) is 5.07. The Labute approximate surface area is 88.1 Å². The fourth-order valence-corrected chi connectivity index (χ4v) is 1.54. The topological polar surface area (TPSA) is 26.3 Å². The molecule has 0 heterocycles. The molecule has 1 saturated carbocycles. The minimum absolute atomic E-state index is 0.0269. The Kier molecular flexibility index (Phi) is 2.71. The van der Waals surface area contributed by atoms with Gasteiger partial charge in [0, 0.05) is 12.0 Å². The molecule has 3 heteroatoms. The number of Topliss-reactive ketones (excluding diaryl/α,β-unsaturated/α-hetero) is 1. The highest BCUT2D eigenvalue weighted by molar-refractivity contribution is 5.96. The average Bonchev–Trinajstić information content (AvgIpc) is 3.01. The van der Waals surface area contributed by atoms with Crippen molar-refractivity contribution in [3.05, 3.63) is 29.6 Å². The standard InChI is InChI=1S/C12H13FO2/c1-15-12-5-4-9(7-10(12)13)11(14)6-8-2-3-8/h4-5,7-8H,2-3,6H2,1H3. The van der Waals surface area contributed by atoms with Gasteiger partial charge in [0.2, 0.25) is 0 Å². The lowest BCUT2D eigenvalue weighted by Crippen LogP contribution is -2.01. The quantitative estimate of drug-likeness (QED) is 0.711. The van der Waals surface area contributed by atoms with E-state index in [1.807, 2.05) is 0 Å². The number of halogens is 1. The molecule has 0 bridgehead atoms. The van der Waals surface area contributed by atoms with Crippen LogP contribution in [0.1, 0.15) is 29.6 Å². The van der Waals surface area contributed by atoms with Gasteiger partial charge in [0.25, 0.3) is 0 Å². The van der Waals surface area contributed by atoms with Gasteiger partial charge >= 0.3 is 0 Å². The van der Waals surface area contributed by atoms with Crippen LogP contribution in [0.4, 0.5) is 4.39 Å². The first kappa shape index (κ1) is 10.1. The minimum atomic E-state index is -0.473. The van der Waals surface area contributed by atoms with Crippen LogP contribution < -0.4 is 4.74 Å². The van der Waals surface area contributed by atoms with Gasteiger partial charge in [0.1, 0.15) is 0 Å². The van der Waals surface area contributed by atoms with E-state index in [0.29, 0.717) is 17.9 Å². The van der Waals surface area contributed by atoms with Gasteiger partial charge in [-0.2, -0.15) is 0 Å². The molecule has 0 amide bonds. The van der Waals surface area contributed by atoms with Gasteiger partial charge in [-0.1, -0.05) is 0 Å². The molecule has 1 aromatic rings. The average molecular weight is 208 g/mol. The van der Waals surface area contributed by atoms with Crippen LogP contribution >= 0.6 is 0 Å². The first-order valence-corrected chi connectivity index (χ1v) is 5.07. The Morgan fingerprint density at radius 1 is 1.53 bits per heavy atom. The number of benzene rings is 1. The molecule has 15 heavy (non-hydrogen) atoms. The van der Waals surface area contributed by atoms with Crippen LogP contribution in [-0.2, 0) is 0 Å². The zero-order valence-corrected chi connectivity index (χ0v) is 8.63. The van der Waals surface area contributed by atoms with Crippen LogP contribution in [0.3, 0.4) is 0 Å². The fourth-order valence-electron chi connectivity index (χ4n) is 1.54. The molecule has 0 aromatic heterocycles. The Balaban J connectivity index is 2.13. The molecule has 1 aliphatic carbocycles. The summed E-state index contributed by atoms with van der Waals surface area (Å²) < 4.78 is 18.1. The van der Waals surface area contributed by atoms with Gasteiger partial charge < -0.3 is 4.74 Å². The number of hydrogen-bond donors (Lipinski definition) is 0. The van der Waals surface area contributed by atoms with E-state index >= 15 is 0 Å². The van der Waals surface area contributed by atoms with Crippen molar-refractivity contribution >= 4 is 5.78 Å². The molecular weight excluding hydrogens is 195 g/mol. The third-order valence-corrected chi connectivity index (χ3v) is 2.64. The molecule has 0 saturated heterocycles. The second-order valence-electron chi connectivity index (χ2n) is 3.92. The molecule has 0 radical (unpaired) electrons. The lowest BCUT2D eigenvalue weighted by Gasteiger charge is -2.04. The van der Waals surface area contributed by atoms with Crippen molar-refractivity contribution < 1.29 is 13.9 Å². The third kappa shape index (κ3) is 2.35. The fraction of sp³-hybridized carbons (Fsp3) is 0.417. The van der Waals surface area contributed by atoms with E-state index in [0.717, 1.165) is 12.8 Å². The third-order valence-electron chi connectivity index (χ3n) is 2.64. The maximum atomic E-state index is 13.3. The molecule has 0 unspecified atom stereocenters. The Hall–Kier alpha value is -1.38. The summed E-state index contributed by atoms with van der Waals surface area (Å²) in [4.78, 5) is 11.6. The van der Waals surface area contributed by atoms with Crippen molar-refractivity contribution in [2.24, 2.45) is 5.92 Å². The Morgan fingerprint density at radius 2 is 2.27 bits per heavy atom. The molecule has 2 nitrogen and oxygen atoms in total. The largest absolute Gasteiger partial charge is 0.494 e. The van der Waals surface area contributed by atoms with Crippen molar-refractivity contribution in [1.82, 2.24) is 0 Å². The van der Waals surface area contributed by atoms with Crippen molar-refractivity contribution in [1.29, 1.82) is 0 Å². The predicted octanol–water partition coefficient (Wildman–Crippen LogP) is 2.82. The summed E-state index contributed by atoms with van der Waals surface area (Å²) in [5.41, 5.74) is 0.445. The number of carbonyl (C=O) groups excluding carboxylic acids is 1. The van der Waals surface area contributed by atoms with Gasteiger partial charge in [0.05, 0.1) is 7.11 Å². The molecule has 1 aromatic carbocycles. The summed E-state index contributed by atoms with van der Waals surface area (Å²) in [5.74, 6) is 0.263. The smallest absolute Gasteiger partial charge is 0.165 e. The van der Waals surface area contributed by atoms with Gasteiger partial charge in [-0.05, 0) is 37.0 Å². The highest BCUT2D eigenvalue weighted by atomic mass is 19.1. The lowest BCUT2D eigenvalue weighted by atomic mass is 10.1. The van der Waals surface area contributed by atoms with Crippen LogP contribution in [0.2, 0.25) is 0 Å². The minimum Gasteiger partial charge on any atom is -0.494 e. The normalized spacial score (nSPS) is 15.1. The Bertz CT molecular complexity index is 383. The van der Waals surface area contributed by atoms with E-state index in [4.69, 9.17) is 4.74 Å². The maximum Gasteiger partial charge on any atom is 0.165 e. The molecule has 80 valence electrons. The summed E-state index contributed by atoms with van der Waals surface area (Å²) in [6.07, 6.45) is 2.81. The Morgan fingerprint density at radius 3 is 2.80 bits per heavy atom. The molecule has 0 aliphatic heterocycles. The second-order valence-corrected chi connectivity index (χ2v) is 3.92. The molecular formula is C12H13FO2. The molecule has 0 N–H and O–H groups in total. The van der Waals surface area contributed by atoms with Gasteiger partial charge in [-0.25, -0.2) is 4.39 Å². The molecule has 0 spiro atoms. The van der Waals surface area contributed by atoms with Crippen molar-refractivity contribution in [3.63, 3.8) is 0 Å². The lowest BCUT2D eigenvalue weighted by molar-refractivity contribution is 0.0975. The van der Waals surface area contributed by atoms with Crippen LogP contribution in [0.5, 0.6) is 5.75 Å². The maximum absolute atomic E-state index is 13.3. The summed E-state index contributed by atoms with van der Waals surface area (Å²) in [7, 11) is 1.41. The van der Waals surface area contributed by atoms with E-state index < -0.39 is 5.82 Å². The monoisotopic (exact) mass is 208 g/mol. The van der Waals surface area contributed by atoms with Crippen LogP contribution in [0.15, 0.2) is 18.2 Å². The number of ketones is 1. The van der Waals surface area contributed by atoms with E-state index in [1.54, 1.807) is 6.07 Å².